The molecule has 0 aliphatic carbocycles. The minimum absolute atomic E-state index is 0.0349. The fourth-order valence-corrected chi connectivity index (χ4v) is 1.46. The zero-order valence-electron chi connectivity index (χ0n) is 10.9. The summed E-state index contributed by atoms with van der Waals surface area (Å²) in [6.45, 7) is 5.99. The number of aliphatic carboxylic acids is 2. The van der Waals surface area contributed by atoms with E-state index in [2.05, 4.69) is 11.9 Å². The third-order valence-corrected chi connectivity index (χ3v) is 2.57. The smallest absolute Gasteiger partial charge is 0.332 e. The van der Waals surface area contributed by atoms with Gasteiger partial charge in [0.15, 0.2) is 0 Å². The summed E-state index contributed by atoms with van der Waals surface area (Å²) in [5.41, 5.74) is -0.0349. The molecule has 0 spiro atoms. The van der Waals surface area contributed by atoms with E-state index in [1.54, 1.807) is 4.90 Å². The molecule has 0 radical (unpaired) electrons. The Bertz CT molecular complexity index is 354. The molecule has 0 rings (SSSR count). The number of aliphatic hydroxyl groups is 1. The summed E-state index contributed by atoms with van der Waals surface area (Å²) in [5, 5.41) is 28.8. The first kappa shape index (κ1) is 17.1. The average molecular weight is 272 g/mol. The second-order valence-electron chi connectivity index (χ2n) is 3.82. The topological polar surface area (TPSA) is 110 Å². The highest BCUT2D eigenvalue weighted by atomic mass is 16.4. The summed E-state index contributed by atoms with van der Waals surface area (Å²) < 4.78 is 0. The highest BCUT2D eigenvalue weighted by Gasteiger charge is 2.17. The number of aliphatic hydroxyl groups excluding tert-OH is 1. The minimum atomic E-state index is -1.13. The van der Waals surface area contributed by atoms with Crippen LogP contribution in [0.25, 0.3) is 0 Å². The van der Waals surface area contributed by atoms with Gasteiger partial charge >= 0.3 is 11.9 Å². The van der Waals surface area contributed by atoms with Gasteiger partial charge in [-0.3, -0.25) is 5.32 Å². The molecule has 0 fully saturated rings. The Morgan fingerprint density at radius 2 is 2.05 bits per heavy atom. The molecule has 0 heterocycles. The van der Waals surface area contributed by atoms with Crippen LogP contribution in [0.3, 0.4) is 0 Å². The lowest BCUT2D eigenvalue weighted by Crippen LogP contribution is -2.37. The van der Waals surface area contributed by atoms with Crippen molar-refractivity contribution in [2.45, 2.75) is 19.4 Å². The van der Waals surface area contributed by atoms with Crippen LogP contribution in [0.1, 0.15) is 13.3 Å². The van der Waals surface area contributed by atoms with Gasteiger partial charge in [0, 0.05) is 37.0 Å². The first-order valence-corrected chi connectivity index (χ1v) is 5.83. The van der Waals surface area contributed by atoms with Crippen LogP contribution in [0.2, 0.25) is 0 Å². The van der Waals surface area contributed by atoms with Gasteiger partial charge in [0.05, 0.1) is 6.73 Å². The first-order valence-electron chi connectivity index (χ1n) is 5.83. The summed E-state index contributed by atoms with van der Waals surface area (Å²) in [6.07, 6.45) is 2.84. The number of nitrogens with one attached hydrogen (secondary N) is 1. The molecule has 7 nitrogen and oxygen atoms in total. The van der Waals surface area contributed by atoms with E-state index < -0.39 is 18.0 Å². The van der Waals surface area contributed by atoms with Gasteiger partial charge in [-0.15, -0.1) is 0 Å². The molecule has 0 amide bonds. The Balaban J connectivity index is 4.47. The maximum absolute atomic E-state index is 10.8. The molecule has 0 saturated heterocycles. The minimum Gasteiger partial charge on any atom is -0.478 e. The number of nitrogens with zero attached hydrogens (tertiary/aromatic N) is 1. The second-order valence-corrected chi connectivity index (χ2v) is 3.82. The maximum Gasteiger partial charge on any atom is 0.332 e. The van der Waals surface area contributed by atoms with Gasteiger partial charge in [-0.05, 0) is 13.3 Å². The zero-order chi connectivity index (χ0) is 14.8. The van der Waals surface area contributed by atoms with Crippen LogP contribution in [0.5, 0.6) is 0 Å². The predicted molar refractivity (Wildman–Crippen MR) is 69.4 cm³/mol. The molecule has 0 aliphatic heterocycles. The molecule has 0 saturated carbocycles. The Morgan fingerprint density at radius 3 is 2.47 bits per heavy atom. The molecule has 0 aliphatic rings. The highest BCUT2D eigenvalue weighted by molar-refractivity contribution is 5.87. The molecule has 7 heteroatoms. The second kappa shape index (κ2) is 9.12. The fraction of sp³-hybridized carbons (Fsp3) is 0.500. The van der Waals surface area contributed by atoms with Gasteiger partial charge in [0.25, 0.3) is 0 Å². The lowest BCUT2D eigenvalue weighted by atomic mass is 10.1. The summed E-state index contributed by atoms with van der Waals surface area (Å²) in [5.74, 6) is -2.17. The zero-order valence-corrected chi connectivity index (χ0v) is 10.9. The molecular weight excluding hydrogens is 252 g/mol. The summed E-state index contributed by atoms with van der Waals surface area (Å²) in [6, 6.07) is -0.560. The van der Waals surface area contributed by atoms with Gasteiger partial charge in [-0.1, -0.05) is 6.58 Å². The van der Waals surface area contributed by atoms with E-state index in [4.69, 9.17) is 15.3 Å². The summed E-state index contributed by atoms with van der Waals surface area (Å²) in [4.78, 5) is 23.0. The van der Waals surface area contributed by atoms with Gasteiger partial charge in [-0.25, -0.2) is 9.59 Å². The van der Waals surface area contributed by atoms with Crippen molar-refractivity contribution in [3.05, 3.63) is 24.4 Å². The Labute approximate surface area is 111 Å². The van der Waals surface area contributed by atoms with Gasteiger partial charge in [-0.2, -0.15) is 0 Å². The lowest BCUT2D eigenvalue weighted by Gasteiger charge is -2.23. The van der Waals surface area contributed by atoms with Crippen molar-refractivity contribution in [2.24, 2.45) is 0 Å². The molecule has 4 N–H and O–H groups in total. The molecule has 19 heavy (non-hydrogen) atoms. The summed E-state index contributed by atoms with van der Waals surface area (Å²) >= 11 is 0. The number of hydrogen-bond donors (Lipinski definition) is 4. The van der Waals surface area contributed by atoms with Crippen molar-refractivity contribution in [3.63, 3.8) is 0 Å². The normalized spacial score (nSPS) is 12.3. The van der Waals surface area contributed by atoms with Gasteiger partial charge in [0.1, 0.15) is 0 Å². The van der Waals surface area contributed by atoms with E-state index in [-0.39, 0.29) is 12.3 Å². The number of carbonyl (C=O) groups is 2. The van der Waals surface area contributed by atoms with Crippen molar-refractivity contribution in [1.29, 1.82) is 0 Å². The quantitative estimate of drug-likeness (QED) is 0.323. The highest BCUT2D eigenvalue weighted by Crippen LogP contribution is 2.06. The maximum atomic E-state index is 10.8. The Hall–Kier alpha value is -1.86. The van der Waals surface area contributed by atoms with E-state index in [0.717, 1.165) is 6.08 Å². The number of rotatable bonds is 10. The van der Waals surface area contributed by atoms with Crippen LogP contribution < -0.4 is 5.32 Å². The molecule has 1 unspecified atom stereocenters. The molecule has 108 valence electrons. The average Bonchev–Trinajstić information content (AvgIpc) is 2.36. The van der Waals surface area contributed by atoms with Crippen molar-refractivity contribution in [3.8, 4) is 0 Å². The number of hydrogen-bond acceptors (Lipinski definition) is 5. The molecule has 0 aromatic carbocycles. The Kier molecular flexibility index (Phi) is 8.23. The van der Waals surface area contributed by atoms with E-state index in [9.17, 15) is 9.59 Å². The van der Waals surface area contributed by atoms with Crippen LogP contribution in [-0.2, 0) is 9.59 Å². The molecule has 0 aromatic rings. The molecule has 0 bridgehead atoms. The standard InChI is InChI=1S/C12H20N2O5/c1-3-14(7-5-11(16)17)6-4-10(13-8-15)9(2)12(18)19/h5,7,10,13,15H,2-4,6,8H2,1H3,(H,16,17)(H,18,19). The largest absolute Gasteiger partial charge is 0.478 e. The van der Waals surface area contributed by atoms with Crippen LogP contribution in [-0.4, -0.2) is 58.0 Å². The molecular formula is C12H20N2O5. The van der Waals surface area contributed by atoms with E-state index in [1.807, 2.05) is 6.92 Å². The van der Waals surface area contributed by atoms with Gasteiger partial charge in [0.2, 0.25) is 0 Å². The van der Waals surface area contributed by atoms with Crippen molar-refractivity contribution in [1.82, 2.24) is 10.2 Å². The van der Waals surface area contributed by atoms with Crippen LogP contribution in [0, 0.1) is 0 Å². The van der Waals surface area contributed by atoms with E-state index >= 15 is 0 Å². The van der Waals surface area contributed by atoms with Crippen LogP contribution in [0.15, 0.2) is 24.4 Å². The molecule has 0 aromatic heterocycles. The third-order valence-electron chi connectivity index (χ3n) is 2.57. The SMILES string of the molecule is C=C(C(=O)O)C(CCN(C=CC(=O)O)CC)NCO. The van der Waals surface area contributed by atoms with Crippen LogP contribution >= 0.6 is 0 Å². The van der Waals surface area contributed by atoms with E-state index in [1.165, 1.54) is 6.20 Å². The summed E-state index contributed by atoms with van der Waals surface area (Å²) in [7, 11) is 0. The number of carboxylic acids is 2. The Morgan fingerprint density at radius 1 is 1.42 bits per heavy atom. The van der Waals surface area contributed by atoms with Crippen molar-refractivity contribution in [2.75, 3.05) is 19.8 Å². The first-order chi connectivity index (χ1) is 8.92. The number of carboxylic acid groups (broad SMARTS) is 2. The lowest BCUT2D eigenvalue weighted by molar-refractivity contribution is -0.133. The predicted octanol–water partition coefficient (Wildman–Crippen LogP) is -0.154. The van der Waals surface area contributed by atoms with Crippen LogP contribution in [0.4, 0.5) is 0 Å². The third kappa shape index (κ3) is 7.22. The van der Waals surface area contributed by atoms with E-state index in [0.29, 0.717) is 19.5 Å². The van der Waals surface area contributed by atoms with Crippen molar-refractivity contribution >= 4 is 11.9 Å². The molecule has 1 atom stereocenters. The van der Waals surface area contributed by atoms with Gasteiger partial charge < -0.3 is 20.2 Å². The van der Waals surface area contributed by atoms with Crippen molar-refractivity contribution < 1.29 is 24.9 Å². The monoisotopic (exact) mass is 272 g/mol. The fourth-order valence-electron chi connectivity index (χ4n) is 1.46.